The van der Waals surface area contributed by atoms with Gasteiger partial charge in [-0.15, -0.1) is 0 Å². The summed E-state index contributed by atoms with van der Waals surface area (Å²) in [6, 6.07) is 15.7. The first-order valence-corrected chi connectivity index (χ1v) is 7.08. The lowest BCUT2D eigenvalue weighted by molar-refractivity contribution is 0.0968. The second-order valence-corrected chi connectivity index (χ2v) is 5.11. The molecule has 0 aliphatic carbocycles. The van der Waals surface area contributed by atoms with Crippen LogP contribution in [-0.4, -0.2) is 11.8 Å². The minimum Gasteiger partial charge on any atom is -0.375 e. The molecule has 0 spiro atoms. The van der Waals surface area contributed by atoms with Crippen LogP contribution in [0.25, 0.3) is 0 Å². The number of carbonyl (C=O) groups excluding carboxylic acids is 1. The van der Waals surface area contributed by atoms with Gasteiger partial charge in [0.15, 0.2) is 5.78 Å². The van der Waals surface area contributed by atoms with E-state index in [-0.39, 0.29) is 11.8 Å². The molecule has 0 heterocycles. The number of nitrogens with one attached hydrogen (secondary N) is 1. The van der Waals surface area contributed by atoms with Crippen LogP contribution in [0.5, 0.6) is 0 Å². The molecule has 0 saturated heterocycles. The van der Waals surface area contributed by atoms with Gasteiger partial charge >= 0.3 is 0 Å². The summed E-state index contributed by atoms with van der Waals surface area (Å²) in [4.78, 5) is 12.5. The summed E-state index contributed by atoms with van der Waals surface area (Å²) < 4.78 is 0. The van der Waals surface area contributed by atoms with Crippen LogP contribution in [-0.2, 0) is 0 Å². The lowest BCUT2D eigenvalue weighted by Gasteiger charge is -2.17. The fourth-order valence-electron chi connectivity index (χ4n) is 2.04. The highest BCUT2D eigenvalue weighted by Crippen LogP contribution is 2.17. The number of ketones is 1. The van der Waals surface area contributed by atoms with Crippen molar-refractivity contribution in [3.8, 4) is 6.07 Å². The van der Waals surface area contributed by atoms with Crippen molar-refractivity contribution < 1.29 is 4.79 Å². The Hall–Kier alpha value is -2.31. The Kier molecular flexibility index (Phi) is 4.97. The van der Waals surface area contributed by atoms with Crippen molar-refractivity contribution in [3.63, 3.8) is 0 Å². The van der Waals surface area contributed by atoms with Crippen LogP contribution in [0.2, 0.25) is 5.02 Å². The number of anilines is 1. The number of benzene rings is 2. The van der Waals surface area contributed by atoms with E-state index >= 15 is 0 Å². The topological polar surface area (TPSA) is 52.9 Å². The Balaban J connectivity index is 2.18. The SMILES string of the molecule is CCC(Nc1ccc(Cl)cc1)C(=O)c1cccc(C#N)c1. The van der Waals surface area contributed by atoms with E-state index in [0.29, 0.717) is 22.6 Å². The molecule has 21 heavy (non-hydrogen) atoms. The average molecular weight is 299 g/mol. The number of hydrogen-bond donors (Lipinski definition) is 1. The van der Waals surface area contributed by atoms with Crippen molar-refractivity contribution in [1.82, 2.24) is 0 Å². The Morgan fingerprint density at radius 3 is 2.62 bits per heavy atom. The van der Waals surface area contributed by atoms with E-state index in [0.717, 1.165) is 5.69 Å². The Morgan fingerprint density at radius 1 is 1.29 bits per heavy atom. The van der Waals surface area contributed by atoms with E-state index in [1.165, 1.54) is 0 Å². The number of halogens is 1. The summed E-state index contributed by atoms with van der Waals surface area (Å²) in [5.41, 5.74) is 1.88. The van der Waals surface area contributed by atoms with Crippen LogP contribution in [0, 0.1) is 11.3 Å². The Morgan fingerprint density at radius 2 is 2.00 bits per heavy atom. The Bertz CT molecular complexity index is 674. The summed E-state index contributed by atoms with van der Waals surface area (Å²) in [5.74, 6) is -0.0236. The molecule has 1 N–H and O–H groups in total. The molecule has 0 radical (unpaired) electrons. The molecule has 106 valence electrons. The van der Waals surface area contributed by atoms with Crippen molar-refractivity contribution >= 4 is 23.1 Å². The number of hydrogen-bond acceptors (Lipinski definition) is 3. The zero-order valence-corrected chi connectivity index (χ0v) is 12.4. The minimum absolute atomic E-state index is 0.0236. The van der Waals surface area contributed by atoms with Gasteiger partial charge in [0.05, 0.1) is 17.7 Å². The zero-order valence-electron chi connectivity index (χ0n) is 11.6. The molecule has 1 atom stereocenters. The molecule has 2 aromatic carbocycles. The number of nitrogens with zero attached hydrogens (tertiary/aromatic N) is 1. The molecule has 0 amide bonds. The number of nitriles is 1. The van der Waals surface area contributed by atoms with Crippen molar-refractivity contribution in [3.05, 3.63) is 64.7 Å². The molecule has 0 bridgehead atoms. The molecule has 2 aromatic rings. The van der Waals surface area contributed by atoms with Crippen molar-refractivity contribution in [2.24, 2.45) is 0 Å². The highest BCUT2D eigenvalue weighted by molar-refractivity contribution is 6.30. The molecule has 1 unspecified atom stereocenters. The molecule has 0 fully saturated rings. The molecule has 0 aromatic heterocycles. The lowest BCUT2D eigenvalue weighted by Crippen LogP contribution is -2.28. The fraction of sp³-hybridized carbons (Fsp3) is 0.176. The van der Waals surface area contributed by atoms with Crippen molar-refractivity contribution in [2.75, 3.05) is 5.32 Å². The minimum atomic E-state index is -0.333. The van der Waals surface area contributed by atoms with Gasteiger partial charge in [-0.25, -0.2) is 0 Å². The molecular formula is C17H15ClN2O. The van der Waals surface area contributed by atoms with Crippen LogP contribution in [0.1, 0.15) is 29.3 Å². The van der Waals surface area contributed by atoms with Crippen LogP contribution >= 0.6 is 11.6 Å². The first-order valence-electron chi connectivity index (χ1n) is 6.70. The molecule has 3 nitrogen and oxygen atoms in total. The second kappa shape index (κ2) is 6.92. The monoisotopic (exact) mass is 298 g/mol. The lowest BCUT2D eigenvalue weighted by atomic mass is 10.00. The maximum atomic E-state index is 12.5. The average Bonchev–Trinajstić information content (AvgIpc) is 2.53. The van der Waals surface area contributed by atoms with Gasteiger partial charge in [-0.1, -0.05) is 30.7 Å². The molecule has 0 aliphatic heterocycles. The first kappa shape index (κ1) is 15.1. The van der Waals surface area contributed by atoms with Gasteiger partial charge in [0.25, 0.3) is 0 Å². The highest BCUT2D eigenvalue weighted by Gasteiger charge is 2.18. The fourth-order valence-corrected chi connectivity index (χ4v) is 2.17. The van der Waals surface area contributed by atoms with Crippen molar-refractivity contribution in [2.45, 2.75) is 19.4 Å². The summed E-state index contributed by atoms with van der Waals surface area (Å²) >= 11 is 5.85. The van der Waals surface area contributed by atoms with E-state index < -0.39 is 0 Å². The molecule has 0 saturated carbocycles. The predicted octanol–water partition coefficient (Wildman–Crippen LogP) is 4.29. The van der Waals surface area contributed by atoms with E-state index in [2.05, 4.69) is 5.32 Å². The summed E-state index contributed by atoms with van der Waals surface area (Å²) in [7, 11) is 0. The summed E-state index contributed by atoms with van der Waals surface area (Å²) in [6.45, 7) is 1.94. The van der Waals surface area contributed by atoms with Crippen molar-refractivity contribution in [1.29, 1.82) is 5.26 Å². The van der Waals surface area contributed by atoms with Gasteiger partial charge in [0.2, 0.25) is 0 Å². The van der Waals surface area contributed by atoms with Crippen LogP contribution in [0.15, 0.2) is 48.5 Å². The maximum absolute atomic E-state index is 12.5. The number of Topliss-reactive ketones (excluding diaryl/α,β-unsaturated/α-hetero) is 1. The van der Waals surface area contributed by atoms with E-state index in [1.54, 1.807) is 36.4 Å². The predicted molar refractivity (Wildman–Crippen MR) is 84.6 cm³/mol. The normalized spacial score (nSPS) is 11.5. The van der Waals surface area contributed by atoms with E-state index in [1.807, 2.05) is 25.1 Å². The third-order valence-electron chi connectivity index (χ3n) is 3.19. The summed E-state index contributed by atoms with van der Waals surface area (Å²) in [6.07, 6.45) is 0.651. The second-order valence-electron chi connectivity index (χ2n) is 4.67. The first-order chi connectivity index (χ1) is 10.1. The van der Waals surface area contributed by atoms with Crippen LogP contribution in [0.4, 0.5) is 5.69 Å². The maximum Gasteiger partial charge on any atom is 0.185 e. The standard InChI is InChI=1S/C17H15ClN2O/c1-2-16(20-15-8-6-14(18)7-9-15)17(21)13-5-3-4-12(10-13)11-19/h3-10,16,20H,2H2,1H3. The summed E-state index contributed by atoms with van der Waals surface area (Å²) in [5, 5.41) is 12.8. The molecular weight excluding hydrogens is 284 g/mol. The van der Waals surface area contributed by atoms with Gasteiger partial charge in [0, 0.05) is 16.3 Å². The third-order valence-corrected chi connectivity index (χ3v) is 3.44. The quantitative estimate of drug-likeness (QED) is 0.838. The van der Waals surface area contributed by atoms with E-state index in [4.69, 9.17) is 16.9 Å². The molecule has 4 heteroatoms. The number of rotatable bonds is 5. The largest absolute Gasteiger partial charge is 0.375 e. The van der Waals surface area contributed by atoms with Gasteiger partial charge in [-0.2, -0.15) is 5.26 Å². The third kappa shape index (κ3) is 3.84. The van der Waals surface area contributed by atoms with Gasteiger partial charge in [-0.05, 0) is 42.8 Å². The zero-order chi connectivity index (χ0) is 15.2. The number of carbonyl (C=O) groups is 1. The van der Waals surface area contributed by atoms with Gasteiger partial charge < -0.3 is 5.32 Å². The molecule has 0 aliphatic rings. The van der Waals surface area contributed by atoms with Gasteiger partial charge in [0.1, 0.15) is 0 Å². The van der Waals surface area contributed by atoms with Crippen LogP contribution in [0.3, 0.4) is 0 Å². The smallest absolute Gasteiger partial charge is 0.185 e. The van der Waals surface area contributed by atoms with Gasteiger partial charge in [-0.3, -0.25) is 4.79 Å². The molecule has 2 rings (SSSR count). The highest BCUT2D eigenvalue weighted by atomic mass is 35.5. The van der Waals surface area contributed by atoms with Crippen LogP contribution < -0.4 is 5.32 Å². The Labute approximate surface area is 129 Å². The van der Waals surface area contributed by atoms with E-state index in [9.17, 15) is 4.79 Å².